The van der Waals surface area contributed by atoms with Crippen LogP contribution in [0.3, 0.4) is 0 Å². The molecule has 12 atom stereocenters. The number of ether oxygens (including phenoxy) is 4. The summed E-state index contributed by atoms with van der Waals surface area (Å²) in [5.74, 6) is -0.263. The van der Waals surface area contributed by atoms with E-state index in [4.69, 9.17) is 18.9 Å². The molecule has 512 valence electrons. The molecule has 2 fully saturated rings. The molecule has 90 heavy (non-hydrogen) atoms. The highest BCUT2D eigenvalue weighted by molar-refractivity contribution is 5.76. The fourth-order valence-corrected chi connectivity index (χ4v) is 10.5. The summed E-state index contributed by atoms with van der Waals surface area (Å²) in [5.41, 5.74) is 0. The van der Waals surface area contributed by atoms with Crippen molar-refractivity contribution in [2.75, 3.05) is 19.8 Å². The smallest absolute Gasteiger partial charge is 0.220 e. The Morgan fingerprint density at radius 2 is 0.767 bits per heavy atom. The SMILES string of the molecule is CC/C=C\C/C=C\C/C=C\C/C=C\C/C=C\C/C=C\C/C=C\C/C=C\C/C=C\C/C=C\C/C=C\CCCCCCCC(=O)NC(COC1OC(CO)C(OC2OC(CO)C(O)C(O)C2O)C(O)C1O)C(O)/C=C/CCCCCCCCCCCCCCCCC. The number of amides is 1. The van der Waals surface area contributed by atoms with Crippen LogP contribution in [0.15, 0.2) is 146 Å². The normalized spacial score (nSPS) is 23.8. The van der Waals surface area contributed by atoms with Crippen molar-refractivity contribution in [3.8, 4) is 0 Å². The Balaban J connectivity index is 1.67. The zero-order chi connectivity index (χ0) is 65.2. The average Bonchev–Trinajstić information content (AvgIpc) is 1.04. The minimum atomic E-state index is -1.80. The lowest BCUT2D eigenvalue weighted by molar-refractivity contribution is -0.359. The molecular formula is C76H125NO13. The summed E-state index contributed by atoms with van der Waals surface area (Å²) in [7, 11) is 0. The van der Waals surface area contributed by atoms with Crippen molar-refractivity contribution in [1.82, 2.24) is 5.32 Å². The lowest BCUT2D eigenvalue weighted by Gasteiger charge is -2.46. The number of hydrogen-bond donors (Lipinski definition) is 9. The van der Waals surface area contributed by atoms with Gasteiger partial charge in [0.05, 0.1) is 32.0 Å². The van der Waals surface area contributed by atoms with Gasteiger partial charge in [0.2, 0.25) is 5.91 Å². The van der Waals surface area contributed by atoms with Gasteiger partial charge in [-0.15, -0.1) is 0 Å². The summed E-state index contributed by atoms with van der Waals surface area (Å²) >= 11 is 0. The summed E-state index contributed by atoms with van der Waals surface area (Å²) in [6.45, 7) is 2.66. The maximum Gasteiger partial charge on any atom is 0.220 e. The molecule has 0 bridgehead atoms. The molecule has 0 aromatic heterocycles. The first-order chi connectivity index (χ1) is 44.1. The van der Waals surface area contributed by atoms with Gasteiger partial charge in [-0.3, -0.25) is 4.79 Å². The van der Waals surface area contributed by atoms with Gasteiger partial charge < -0.3 is 65.1 Å². The fraction of sp³-hybridized carbons (Fsp3) is 0.671. The number of unbranched alkanes of at least 4 members (excludes halogenated alkanes) is 20. The van der Waals surface area contributed by atoms with Gasteiger partial charge in [-0.25, -0.2) is 0 Å². The van der Waals surface area contributed by atoms with Crippen molar-refractivity contribution in [2.24, 2.45) is 0 Å². The third-order valence-electron chi connectivity index (χ3n) is 16.0. The summed E-state index contributed by atoms with van der Waals surface area (Å²) in [4.78, 5) is 13.3. The summed E-state index contributed by atoms with van der Waals surface area (Å²) < 4.78 is 22.8. The molecular weight excluding hydrogens is 1130 g/mol. The van der Waals surface area contributed by atoms with Crippen LogP contribution in [0, 0.1) is 0 Å². The summed E-state index contributed by atoms with van der Waals surface area (Å²) in [5, 5.41) is 87.3. The zero-order valence-corrected chi connectivity index (χ0v) is 55.6. The van der Waals surface area contributed by atoms with E-state index in [2.05, 4.69) is 153 Å². The van der Waals surface area contributed by atoms with Crippen molar-refractivity contribution < 1.29 is 64.6 Å². The van der Waals surface area contributed by atoms with Crippen LogP contribution in [-0.2, 0) is 23.7 Å². The summed E-state index contributed by atoms with van der Waals surface area (Å²) in [6.07, 6.45) is 71.8. The predicted molar refractivity (Wildman–Crippen MR) is 368 cm³/mol. The van der Waals surface area contributed by atoms with E-state index in [1.54, 1.807) is 6.08 Å². The van der Waals surface area contributed by atoms with Gasteiger partial charge in [-0.05, 0) is 103 Å². The van der Waals surface area contributed by atoms with Gasteiger partial charge in [0.1, 0.15) is 48.8 Å². The van der Waals surface area contributed by atoms with Crippen molar-refractivity contribution in [3.63, 3.8) is 0 Å². The number of nitrogens with one attached hydrogen (secondary N) is 1. The Hall–Kier alpha value is -4.13. The number of aliphatic hydroxyl groups is 8. The number of carbonyl (C=O) groups is 1. The van der Waals surface area contributed by atoms with Crippen LogP contribution in [0.1, 0.15) is 232 Å². The van der Waals surface area contributed by atoms with Crippen LogP contribution >= 0.6 is 0 Å². The highest BCUT2D eigenvalue weighted by Crippen LogP contribution is 2.30. The maximum absolute atomic E-state index is 13.3. The first-order valence-corrected chi connectivity index (χ1v) is 35.1. The molecule has 12 unspecified atom stereocenters. The van der Waals surface area contributed by atoms with E-state index in [0.717, 1.165) is 122 Å². The molecule has 2 aliphatic rings. The Morgan fingerprint density at radius 3 is 1.18 bits per heavy atom. The minimum Gasteiger partial charge on any atom is -0.394 e. The molecule has 0 aliphatic carbocycles. The summed E-state index contributed by atoms with van der Waals surface area (Å²) in [6, 6.07) is -0.936. The molecule has 0 radical (unpaired) electrons. The average molecular weight is 1260 g/mol. The van der Waals surface area contributed by atoms with E-state index in [1.165, 1.54) is 83.5 Å². The molecule has 2 heterocycles. The van der Waals surface area contributed by atoms with Crippen LogP contribution in [0.5, 0.6) is 0 Å². The highest BCUT2D eigenvalue weighted by atomic mass is 16.7. The van der Waals surface area contributed by atoms with Gasteiger partial charge in [-0.1, -0.05) is 269 Å². The third kappa shape index (κ3) is 42.2. The van der Waals surface area contributed by atoms with E-state index >= 15 is 0 Å². The minimum absolute atomic E-state index is 0.249. The van der Waals surface area contributed by atoms with Crippen LogP contribution in [0.2, 0.25) is 0 Å². The standard InChI is InChI=1S/C76H125NO13/c1-3-5-7-9-11-13-15-17-19-21-22-23-24-25-26-27-28-29-30-31-32-33-34-35-36-37-38-39-40-41-42-44-46-48-50-52-54-56-58-60-68(81)77-64(65(80)59-57-55-53-51-49-47-45-43-20-18-16-14-12-10-8-6-4-2)63-87-75-73(86)71(84)74(67(62-79)89-75)90-76-72(85)70(83)69(82)66(61-78)88-76/h5,7,11,13,17,19,22-23,25-26,28-29,31-32,34-35,37-38,40-41,44,46,57,59,64-67,69-76,78-80,82-86H,3-4,6,8-10,12,14-16,18,20-21,24,27,30,33,36,39,42-43,45,47-56,58,60-63H2,1-2H3,(H,77,81)/b7-5-,13-11-,19-17-,23-22-,26-25-,29-28-,32-31-,35-34-,38-37-,41-40-,46-44-,59-57+. The Bertz CT molecular complexity index is 2070. The Morgan fingerprint density at radius 1 is 0.411 bits per heavy atom. The number of allylic oxidation sites excluding steroid dienone is 23. The molecule has 2 saturated heterocycles. The molecule has 14 nitrogen and oxygen atoms in total. The van der Waals surface area contributed by atoms with Gasteiger partial charge in [-0.2, -0.15) is 0 Å². The van der Waals surface area contributed by atoms with E-state index < -0.39 is 86.8 Å². The van der Waals surface area contributed by atoms with Gasteiger partial charge in [0, 0.05) is 6.42 Å². The number of aliphatic hydroxyl groups excluding tert-OH is 8. The molecule has 0 aromatic rings. The van der Waals surface area contributed by atoms with Crippen molar-refractivity contribution in [2.45, 2.75) is 306 Å². The third-order valence-corrected chi connectivity index (χ3v) is 16.0. The van der Waals surface area contributed by atoms with Crippen molar-refractivity contribution in [3.05, 3.63) is 146 Å². The molecule has 2 aliphatic heterocycles. The van der Waals surface area contributed by atoms with Crippen molar-refractivity contribution in [1.29, 1.82) is 0 Å². The van der Waals surface area contributed by atoms with Gasteiger partial charge >= 0.3 is 0 Å². The maximum atomic E-state index is 13.3. The topological polar surface area (TPSA) is 228 Å². The molecule has 0 spiro atoms. The second-order valence-corrected chi connectivity index (χ2v) is 23.9. The molecule has 1 amide bonds. The number of rotatable bonds is 55. The number of hydrogen-bond acceptors (Lipinski definition) is 13. The van der Waals surface area contributed by atoms with E-state index in [-0.39, 0.29) is 18.9 Å². The first-order valence-electron chi connectivity index (χ1n) is 35.1. The second-order valence-electron chi connectivity index (χ2n) is 23.9. The van der Waals surface area contributed by atoms with E-state index in [0.29, 0.717) is 6.42 Å². The van der Waals surface area contributed by atoms with Gasteiger partial charge in [0.25, 0.3) is 0 Å². The Kier molecular flexibility index (Phi) is 53.4. The lowest BCUT2D eigenvalue weighted by atomic mass is 9.97. The van der Waals surface area contributed by atoms with Gasteiger partial charge in [0.15, 0.2) is 12.6 Å². The van der Waals surface area contributed by atoms with Crippen LogP contribution in [0.4, 0.5) is 0 Å². The molecule has 14 heteroatoms. The first kappa shape index (κ1) is 82.0. The Labute approximate surface area is 544 Å². The predicted octanol–water partition coefficient (Wildman–Crippen LogP) is 14.5. The number of carbonyl (C=O) groups excluding carboxylic acids is 1. The van der Waals surface area contributed by atoms with Crippen LogP contribution in [0.25, 0.3) is 0 Å². The largest absolute Gasteiger partial charge is 0.394 e. The van der Waals surface area contributed by atoms with E-state index in [9.17, 15) is 45.6 Å². The molecule has 2 rings (SSSR count). The zero-order valence-electron chi connectivity index (χ0n) is 55.6. The molecule has 0 saturated carbocycles. The van der Waals surface area contributed by atoms with Crippen LogP contribution in [-0.4, -0.2) is 140 Å². The second kappa shape index (κ2) is 58.7. The quantitative estimate of drug-likeness (QED) is 0.0204. The van der Waals surface area contributed by atoms with E-state index in [1.807, 2.05) is 6.08 Å². The fourth-order valence-electron chi connectivity index (χ4n) is 10.5. The lowest BCUT2D eigenvalue weighted by Crippen LogP contribution is -2.65. The van der Waals surface area contributed by atoms with Crippen molar-refractivity contribution >= 4 is 5.91 Å². The monoisotopic (exact) mass is 1260 g/mol. The highest BCUT2D eigenvalue weighted by Gasteiger charge is 2.51. The molecule has 9 N–H and O–H groups in total. The van der Waals surface area contributed by atoms with Crippen LogP contribution < -0.4 is 5.32 Å². The molecule has 0 aromatic carbocycles.